The summed E-state index contributed by atoms with van der Waals surface area (Å²) in [6.07, 6.45) is 5.34. The van der Waals surface area contributed by atoms with Crippen LogP contribution in [-0.4, -0.2) is 35.6 Å². The zero-order valence-corrected chi connectivity index (χ0v) is 12.0. The van der Waals surface area contributed by atoms with Gasteiger partial charge in [0.05, 0.1) is 9.40 Å². The summed E-state index contributed by atoms with van der Waals surface area (Å²) in [5.74, 6) is 0.591. The fourth-order valence-electron chi connectivity index (χ4n) is 3.09. The lowest BCUT2D eigenvalue weighted by Crippen LogP contribution is -2.40. The van der Waals surface area contributed by atoms with Gasteiger partial charge in [-0.05, 0) is 41.2 Å². The Kier molecular flexibility index (Phi) is 3.40. The Balaban J connectivity index is 1.92. The van der Waals surface area contributed by atoms with Gasteiger partial charge in [-0.3, -0.25) is 15.1 Å². The number of hydrogen-bond donors (Lipinski definition) is 1. The molecule has 7 heteroatoms. The second kappa shape index (κ2) is 5.05. The first-order valence-electron chi connectivity index (χ1n) is 6.43. The Morgan fingerprint density at radius 3 is 3.05 bits per heavy atom. The Hall–Kier alpha value is -1.21. The highest BCUT2D eigenvalue weighted by atomic mass is 79.9. The van der Waals surface area contributed by atoms with E-state index in [-0.39, 0.29) is 10.6 Å². The second-order valence-corrected chi connectivity index (χ2v) is 5.97. The number of halogens is 1. The minimum Gasteiger partial charge on any atom is -0.363 e. The lowest BCUT2D eigenvalue weighted by molar-refractivity contribution is -0.384. The fraction of sp³-hybridized carbons (Fsp3) is 0.583. The molecule has 2 unspecified atom stereocenters. The van der Waals surface area contributed by atoms with Crippen LogP contribution in [0, 0.1) is 16.0 Å². The highest BCUT2D eigenvalue weighted by molar-refractivity contribution is 9.10. The van der Waals surface area contributed by atoms with E-state index >= 15 is 0 Å². The van der Waals surface area contributed by atoms with Gasteiger partial charge in [-0.15, -0.1) is 0 Å². The summed E-state index contributed by atoms with van der Waals surface area (Å²) in [7, 11) is 0. The van der Waals surface area contributed by atoms with E-state index < -0.39 is 0 Å². The maximum absolute atomic E-state index is 11.1. The number of anilines is 1. The number of nitrogens with zero attached hydrogens (tertiary/aromatic N) is 3. The molecule has 0 aliphatic carbocycles. The summed E-state index contributed by atoms with van der Waals surface area (Å²) < 4.78 is 0.695. The van der Waals surface area contributed by atoms with E-state index in [4.69, 9.17) is 0 Å². The molecular weight excluding hydrogens is 312 g/mol. The third-order valence-corrected chi connectivity index (χ3v) is 4.55. The van der Waals surface area contributed by atoms with Crippen molar-refractivity contribution in [3.63, 3.8) is 0 Å². The second-order valence-electron chi connectivity index (χ2n) is 5.11. The van der Waals surface area contributed by atoms with Gasteiger partial charge in [-0.1, -0.05) is 0 Å². The molecule has 19 heavy (non-hydrogen) atoms. The summed E-state index contributed by atoms with van der Waals surface area (Å²) in [6.45, 7) is 2.75. The molecule has 3 rings (SSSR count). The number of piperidine rings is 1. The van der Waals surface area contributed by atoms with Gasteiger partial charge in [0, 0.05) is 25.3 Å². The number of hydrogen-bond acceptors (Lipinski definition) is 5. The number of pyridine rings is 1. The van der Waals surface area contributed by atoms with Crippen LogP contribution >= 0.6 is 15.9 Å². The Bertz CT molecular complexity index is 497. The third-order valence-electron chi connectivity index (χ3n) is 3.97. The van der Waals surface area contributed by atoms with E-state index in [2.05, 4.69) is 31.1 Å². The molecule has 2 atom stereocenters. The minimum absolute atomic E-state index is 0.0769. The van der Waals surface area contributed by atoms with Crippen molar-refractivity contribution in [1.82, 2.24) is 10.3 Å². The van der Waals surface area contributed by atoms with Crippen LogP contribution in [0.4, 0.5) is 11.4 Å². The van der Waals surface area contributed by atoms with Crippen LogP contribution in [0.2, 0.25) is 0 Å². The first-order valence-corrected chi connectivity index (χ1v) is 7.22. The molecule has 1 N–H and O–H groups in total. The number of fused-ring (bicyclic) bond motifs is 1. The predicted octanol–water partition coefficient (Wildman–Crippen LogP) is 1.94. The van der Waals surface area contributed by atoms with E-state index in [1.807, 2.05) is 0 Å². The first kappa shape index (κ1) is 12.8. The molecule has 1 aromatic heterocycles. The van der Waals surface area contributed by atoms with Gasteiger partial charge in [0.1, 0.15) is 11.9 Å². The van der Waals surface area contributed by atoms with Crippen LogP contribution in [0.25, 0.3) is 0 Å². The van der Waals surface area contributed by atoms with Crippen LogP contribution in [0.15, 0.2) is 16.9 Å². The quantitative estimate of drug-likeness (QED) is 0.664. The Morgan fingerprint density at radius 1 is 1.47 bits per heavy atom. The smallest absolute Gasteiger partial charge is 0.311 e. The number of nitro groups is 1. The van der Waals surface area contributed by atoms with Crippen molar-refractivity contribution < 1.29 is 4.92 Å². The van der Waals surface area contributed by atoms with Gasteiger partial charge in [0.15, 0.2) is 0 Å². The maximum Gasteiger partial charge on any atom is 0.311 e. The zero-order valence-electron chi connectivity index (χ0n) is 10.4. The van der Waals surface area contributed by atoms with Gasteiger partial charge < -0.3 is 10.2 Å². The summed E-state index contributed by atoms with van der Waals surface area (Å²) in [5, 5.41) is 14.7. The molecule has 0 radical (unpaired) electrons. The monoisotopic (exact) mass is 326 g/mol. The molecule has 2 aliphatic heterocycles. The molecule has 0 saturated carbocycles. The van der Waals surface area contributed by atoms with E-state index in [1.54, 1.807) is 6.20 Å². The van der Waals surface area contributed by atoms with E-state index in [9.17, 15) is 10.1 Å². The van der Waals surface area contributed by atoms with Crippen molar-refractivity contribution in [3.8, 4) is 0 Å². The average Bonchev–Trinajstić information content (AvgIpc) is 2.81. The number of rotatable bonds is 2. The topological polar surface area (TPSA) is 71.3 Å². The maximum atomic E-state index is 11.1. The summed E-state index contributed by atoms with van der Waals surface area (Å²) in [4.78, 5) is 16.8. The molecule has 0 aromatic carbocycles. The van der Waals surface area contributed by atoms with Crippen molar-refractivity contribution >= 4 is 27.3 Å². The molecule has 2 aliphatic rings. The molecule has 6 nitrogen and oxygen atoms in total. The molecule has 0 bridgehead atoms. The molecular formula is C12H15BrN4O2. The van der Waals surface area contributed by atoms with Gasteiger partial charge in [-0.2, -0.15) is 0 Å². The molecule has 2 fully saturated rings. The molecule has 1 aromatic rings. The van der Waals surface area contributed by atoms with Gasteiger partial charge in [0.25, 0.3) is 0 Å². The average molecular weight is 327 g/mol. The largest absolute Gasteiger partial charge is 0.363 e. The van der Waals surface area contributed by atoms with Crippen LogP contribution < -0.4 is 10.2 Å². The minimum atomic E-state index is -0.359. The molecule has 102 valence electrons. The van der Waals surface area contributed by atoms with Gasteiger partial charge >= 0.3 is 5.69 Å². The van der Waals surface area contributed by atoms with E-state index in [1.165, 1.54) is 19.0 Å². The zero-order chi connectivity index (χ0) is 13.4. The third kappa shape index (κ3) is 2.32. The van der Waals surface area contributed by atoms with Crippen molar-refractivity contribution in [2.24, 2.45) is 5.92 Å². The first-order chi connectivity index (χ1) is 9.16. The summed E-state index contributed by atoms with van der Waals surface area (Å²) in [6, 6.07) is 0.452. The predicted molar refractivity (Wildman–Crippen MR) is 75.3 cm³/mol. The lowest BCUT2D eigenvalue weighted by Gasteiger charge is -2.24. The van der Waals surface area contributed by atoms with Crippen molar-refractivity contribution in [2.45, 2.75) is 18.9 Å². The molecule has 2 saturated heterocycles. The van der Waals surface area contributed by atoms with Crippen molar-refractivity contribution in [1.29, 1.82) is 0 Å². The number of aromatic nitrogens is 1. The summed E-state index contributed by atoms with van der Waals surface area (Å²) in [5.41, 5.74) is 0.740. The Labute approximate surface area is 119 Å². The normalized spacial score (nSPS) is 26.3. The summed E-state index contributed by atoms with van der Waals surface area (Å²) >= 11 is 3.40. The fourth-order valence-corrected chi connectivity index (χ4v) is 3.67. The molecule has 3 heterocycles. The number of nitrogens with one attached hydrogen (secondary N) is 1. The van der Waals surface area contributed by atoms with Gasteiger partial charge in [-0.25, -0.2) is 0 Å². The van der Waals surface area contributed by atoms with E-state index in [0.717, 1.165) is 19.6 Å². The van der Waals surface area contributed by atoms with Crippen LogP contribution in [0.3, 0.4) is 0 Å². The highest BCUT2D eigenvalue weighted by Gasteiger charge is 2.37. The van der Waals surface area contributed by atoms with E-state index in [0.29, 0.717) is 22.1 Å². The lowest BCUT2D eigenvalue weighted by atomic mass is 9.94. The highest BCUT2D eigenvalue weighted by Crippen LogP contribution is 2.38. The SMILES string of the molecule is O=[N+]([O-])c1cncc(Br)c1N1CC2CCCNC2C1. The van der Waals surface area contributed by atoms with Crippen LogP contribution in [0.5, 0.6) is 0 Å². The Morgan fingerprint density at radius 2 is 2.32 bits per heavy atom. The van der Waals surface area contributed by atoms with Crippen molar-refractivity contribution in [3.05, 3.63) is 27.0 Å². The molecule has 0 amide bonds. The standard InChI is InChI=1S/C12H15BrN4O2/c13-9-4-14-5-11(17(18)19)12(9)16-6-8-2-1-3-15-10(8)7-16/h4-5,8,10,15H,1-3,6-7H2. The molecule has 0 spiro atoms. The van der Waals surface area contributed by atoms with Crippen molar-refractivity contribution in [2.75, 3.05) is 24.5 Å². The van der Waals surface area contributed by atoms with Gasteiger partial charge in [0.2, 0.25) is 0 Å². The van der Waals surface area contributed by atoms with Crippen LogP contribution in [0.1, 0.15) is 12.8 Å². The van der Waals surface area contributed by atoms with Crippen LogP contribution in [-0.2, 0) is 0 Å².